The molecule has 0 bridgehead atoms. The maximum atomic E-state index is 11.6. The molecule has 1 aromatic heterocycles. The van der Waals surface area contributed by atoms with Crippen LogP contribution in [-0.2, 0) is 6.54 Å². The SMILES string of the molecule is O=c1[nH]nc(Cl)c2cc(NCc3cccc(Cl)c3)ccc12. The summed E-state index contributed by atoms with van der Waals surface area (Å²) in [7, 11) is 0. The van der Waals surface area contributed by atoms with E-state index in [1.54, 1.807) is 6.07 Å². The third-order valence-electron chi connectivity index (χ3n) is 3.13. The fourth-order valence-electron chi connectivity index (χ4n) is 2.09. The molecular formula is C15H11Cl2N3O. The van der Waals surface area contributed by atoms with Gasteiger partial charge in [0.15, 0.2) is 5.15 Å². The van der Waals surface area contributed by atoms with E-state index in [1.807, 2.05) is 36.4 Å². The Bertz CT molecular complexity index is 861. The largest absolute Gasteiger partial charge is 0.381 e. The molecule has 0 unspecified atom stereocenters. The minimum atomic E-state index is -0.254. The summed E-state index contributed by atoms with van der Waals surface area (Å²) in [5.41, 5.74) is 1.67. The molecule has 2 aromatic carbocycles. The zero-order chi connectivity index (χ0) is 14.8. The summed E-state index contributed by atoms with van der Waals surface area (Å²) in [6.07, 6.45) is 0. The predicted octanol–water partition coefficient (Wildman–Crippen LogP) is 3.84. The van der Waals surface area contributed by atoms with Crippen molar-refractivity contribution in [3.8, 4) is 0 Å². The van der Waals surface area contributed by atoms with Crippen LogP contribution in [0.2, 0.25) is 10.2 Å². The van der Waals surface area contributed by atoms with Gasteiger partial charge in [0.1, 0.15) is 0 Å². The van der Waals surface area contributed by atoms with Gasteiger partial charge in [-0.1, -0.05) is 35.3 Å². The van der Waals surface area contributed by atoms with Crippen LogP contribution in [0.1, 0.15) is 5.56 Å². The van der Waals surface area contributed by atoms with E-state index in [0.29, 0.717) is 22.3 Å². The number of fused-ring (bicyclic) bond motifs is 1. The van der Waals surface area contributed by atoms with E-state index in [9.17, 15) is 4.79 Å². The molecule has 2 N–H and O–H groups in total. The number of hydrogen-bond donors (Lipinski definition) is 2. The van der Waals surface area contributed by atoms with Crippen LogP contribution < -0.4 is 10.9 Å². The quantitative estimate of drug-likeness (QED) is 0.771. The van der Waals surface area contributed by atoms with Crippen LogP contribution in [0.25, 0.3) is 10.8 Å². The molecule has 0 saturated carbocycles. The van der Waals surface area contributed by atoms with Gasteiger partial charge in [0.05, 0.1) is 5.39 Å². The second kappa shape index (κ2) is 5.76. The normalized spacial score (nSPS) is 10.8. The number of anilines is 1. The molecular weight excluding hydrogens is 309 g/mol. The summed E-state index contributed by atoms with van der Waals surface area (Å²) in [5.74, 6) is 0. The maximum Gasteiger partial charge on any atom is 0.272 e. The van der Waals surface area contributed by atoms with Gasteiger partial charge in [-0.25, -0.2) is 5.10 Å². The summed E-state index contributed by atoms with van der Waals surface area (Å²) < 4.78 is 0. The van der Waals surface area contributed by atoms with E-state index >= 15 is 0 Å². The van der Waals surface area contributed by atoms with Gasteiger partial charge in [0.2, 0.25) is 0 Å². The van der Waals surface area contributed by atoms with Crippen molar-refractivity contribution in [2.45, 2.75) is 6.54 Å². The maximum absolute atomic E-state index is 11.6. The van der Waals surface area contributed by atoms with Crippen molar-refractivity contribution in [1.29, 1.82) is 0 Å². The highest BCUT2D eigenvalue weighted by molar-refractivity contribution is 6.34. The topological polar surface area (TPSA) is 57.8 Å². The number of aromatic nitrogens is 2. The Morgan fingerprint density at radius 3 is 2.76 bits per heavy atom. The summed E-state index contributed by atoms with van der Waals surface area (Å²) in [5, 5.41) is 11.5. The van der Waals surface area contributed by atoms with Crippen molar-refractivity contribution >= 4 is 39.7 Å². The third-order valence-corrected chi connectivity index (χ3v) is 3.65. The lowest BCUT2D eigenvalue weighted by Gasteiger charge is -2.08. The lowest BCUT2D eigenvalue weighted by molar-refractivity contribution is 1.01. The van der Waals surface area contributed by atoms with Gasteiger partial charge < -0.3 is 5.32 Å². The van der Waals surface area contributed by atoms with Gasteiger partial charge in [-0.3, -0.25) is 4.79 Å². The fourth-order valence-corrected chi connectivity index (χ4v) is 2.51. The first kappa shape index (κ1) is 13.9. The smallest absolute Gasteiger partial charge is 0.272 e. The van der Waals surface area contributed by atoms with Gasteiger partial charge in [0, 0.05) is 22.6 Å². The summed E-state index contributed by atoms with van der Waals surface area (Å²) in [6.45, 7) is 0.625. The van der Waals surface area contributed by atoms with Crippen molar-refractivity contribution in [3.05, 3.63) is 68.6 Å². The lowest BCUT2D eigenvalue weighted by atomic mass is 10.1. The first-order chi connectivity index (χ1) is 10.1. The molecule has 3 rings (SSSR count). The minimum Gasteiger partial charge on any atom is -0.381 e. The number of hydrogen-bond acceptors (Lipinski definition) is 3. The number of halogens is 2. The van der Waals surface area contributed by atoms with E-state index in [1.165, 1.54) is 0 Å². The van der Waals surface area contributed by atoms with Crippen LogP contribution in [0.3, 0.4) is 0 Å². The van der Waals surface area contributed by atoms with E-state index < -0.39 is 0 Å². The minimum absolute atomic E-state index is 0.254. The Morgan fingerprint density at radius 2 is 1.95 bits per heavy atom. The summed E-state index contributed by atoms with van der Waals surface area (Å²) in [6, 6.07) is 13.0. The molecule has 4 nitrogen and oxygen atoms in total. The molecule has 0 aliphatic heterocycles. The van der Waals surface area contributed by atoms with Gasteiger partial charge in [-0.05, 0) is 35.9 Å². The van der Waals surface area contributed by atoms with Crippen LogP contribution in [0.4, 0.5) is 5.69 Å². The van der Waals surface area contributed by atoms with E-state index in [0.717, 1.165) is 11.3 Å². The average molecular weight is 320 g/mol. The zero-order valence-electron chi connectivity index (χ0n) is 10.9. The number of nitrogens with one attached hydrogen (secondary N) is 2. The Kier molecular flexibility index (Phi) is 3.82. The lowest BCUT2D eigenvalue weighted by Crippen LogP contribution is -2.08. The Balaban J connectivity index is 1.88. The Hall–Kier alpha value is -2.04. The molecule has 3 aromatic rings. The average Bonchev–Trinajstić information content (AvgIpc) is 2.49. The second-order valence-electron chi connectivity index (χ2n) is 4.59. The number of aromatic amines is 1. The molecule has 0 aliphatic rings. The summed E-state index contributed by atoms with van der Waals surface area (Å²) in [4.78, 5) is 11.6. The van der Waals surface area contributed by atoms with Gasteiger partial charge >= 0.3 is 0 Å². The van der Waals surface area contributed by atoms with E-state index in [2.05, 4.69) is 15.5 Å². The molecule has 0 saturated heterocycles. The Morgan fingerprint density at radius 1 is 1.10 bits per heavy atom. The van der Waals surface area contributed by atoms with E-state index in [-0.39, 0.29) is 10.7 Å². The van der Waals surface area contributed by atoms with E-state index in [4.69, 9.17) is 23.2 Å². The van der Waals surface area contributed by atoms with Crippen molar-refractivity contribution in [2.24, 2.45) is 0 Å². The van der Waals surface area contributed by atoms with Gasteiger partial charge in [0.25, 0.3) is 5.56 Å². The van der Waals surface area contributed by atoms with Crippen molar-refractivity contribution in [1.82, 2.24) is 10.2 Å². The molecule has 0 atom stereocenters. The van der Waals surface area contributed by atoms with Crippen molar-refractivity contribution in [2.75, 3.05) is 5.32 Å². The molecule has 0 aliphatic carbocycles. The van der Waals surface area contributed by atoms with Gasteiger partial charge in [-0.2, -0.15) is 5.10 Å². The van der Waals surface area contributed by atoms with Crippen LogP contribution in [0, 0.1) is 0 Å². The highest BCUT2D eigenvalue weighted by Gasteiger charge is 2.05. The zero-order valence-corrected chi connectivity index (χ0v) is 12.4. The molecule has 106 valence electrons. The summed E-state index contributed by atoms with van der Waals surface area (Å²) >= 11 is 12.0. The van der Waals surface area contributed by atoms with Crippen molar-refractivity contribution < 1.29 is 0 Å². The molecule has 1 heterocycles. The monoisotopic (exact) mass is 319 g/mol. The second-order valence-corrected chi connectivity index (χ2v) is 5.38. The van der Waals surface area contributed by atoms with Crippen LogP contribution in [0.15, 0.2) is 47.3 Å². The van der Waals surface area contributed by atoms with Crippen LogP contribution in [0.5, 0.6) is 0 Å². The predicted molar refractivity (Wildman–Crippen MR) is 86.2 cm³/mol. The first-order valence-electron chi connectivity index (χ1n) is 6.30. The third kappa shape index (κ3) is 3.01. The van der Waals surface area contributed by atoms with Crippen LogP contribution >= 0.6 is 23.2 Å². The first-order valence-corrected chi connectivity index (χ1v) is 7.05. The standard InChI is InChI=1S/C15H11Cl2N3O/c16-10-3-1-2-9(6-10)8-18-11-4-5-12-13(7-11)14(17)19-20-15(12)21/h1-7,18H,8H2,(H,20,21). The Labute approximate surface area is 130 Å². The molecule has 6 heteroatoms. The number of benzene rings is 2. The number of H-pyrrole nitrogens is 1. The fraction of sp³-hybridized carbons (Fsp3) is 0.0667. The molecule has 0 amide bonds. The molecule has 0 radical (unpaired) electrons. The highest BCUT2D eigenvalue weighted by Crippen LogP contribution is 2.22. The van der Waals surface area contributed by atoms with Gasteiger partial charge in [-0.15, -0.1) is 0 Å². The molecule has 0 fully saturated rings. The van der Waals surface area contributed by atoms with Crippen LogP contribution in [-0.4, -0.2) is 10.2 Å². The molecule has 0 spiro atoms. The number of rotatable bonds is 3. The van der Waals surface area contributed by atoms with Crippen molar-refractivity contribution in [3.63, 3.8) is 0 Å². The number of nitrogens with zero attached hydrogens (tertiary/aromatic N) is 1. The molecule has 21 heavy (non-hydrogen) atoms. The highest BCUT2D eigenvalue weighted by atomic mass is 35.5.